The van der Waals surface area contributed by atoms with Crippen LogP contribution in [0.15, 0.2) is 33.9 Å². The molecule has 1 saturated heterocycles. The van der Waals surface area contributed by atoms with Crippen molar-refractivity contribution in [2.75, 3.05) is 11.5 Å². The number of sulfone groups is 1. The molecule has 3 rings (SSSR count). The molecule has 1 atom stereocenters. The van der Waals surface area contributed by atoms with Gasteiger partial charge in [0.1, 0.15) is 10.8 Å². The summed E-state index contributed by atoms with van der Waals surface area (Å²) in [5.41, 5.74) is 1.21. The zero-order valence-electron chi connectivity index (χ0n) is 13.1. The van der Waals surface area contributed by atoms with Crippen molar-refractivity contribution in [1.29, 1.82) is 0 Å². The quantitative estimate of drug-likeness (QED) is 0.801. The number of nitrogens with zero attached hydrogens (tertiary/aromatic N) is 2. The summed E-state index contributed by atoms with van der Waals surface area (Å²) in [6, 6.07) is 4.87. The Bertz CT molecular complexity index is 848. The largest absolute Gasteiger partial charge is 0.361 e. The van der Waals surface area contributed by atoms with Gasteiger partial charge in [0.2, 0.25) is 0 Å². The molecule has 1 aliphatic rings. The standard InChI is InChI=1S/C15H17N3O4S2/c1-10-7-12(18-22-10)8-23-15-13(3-2-5-16-15)14(19)17-11-4-6-24(20,21)9-11/h2-3,5,7,11H,4,6,8-9H2,1H3,(H,17,19). The molecule has 1 unspecified atom stereocenters. The number of amides is 1. The number of aryl methyl sites for hydroxylation is 1. The molecule has 9 heteroatoms. The van der Waals surface area contributed by atoms with Crippen molar-refractivity contribution in [3.05, 3.63) is 41.4 Å². The second-order valence-electron chi connectivity index (χ2n) is 5.65. The van der Waals surface area contributed by atoms with Gasteiger partial charge in [-0.2, -0.15) is 0 Å². The van der Waals surface area contributed by atoms with E-state index in [0.717, 1.165) is 11.5 Å². The van der Waals surface area contributed by atoms with E-state index >= 15 is 0 Å². The third-order valence-electron chi connectivity index (χ3n) is 3.62. The zero-order valence-corrected chi connectivity index (χ0v) is 14.7. The van der Waals surface area contributed by atoms with Crippen LogP contribution in [0.5, 0.6) is 0 Å². The van der Waals surface area contributed by atoms with Gasteiger partial charge in [-0.3, -0.25) is 4.79 Å². The monoisotopic (exact) mass is 367 g/mol. The number of carbonyl (C=O) groups excluding carboxylic acids is 1. The van der Waals surface area contributed by atoms with Gasteiger partial charge in [0.25, 0.3) is 5.91 Å². The minimum atomic E-state index is -3.03. The predicted molar refractivity (Wildman–Crippen MR) is 89.6 cm³/mol. The van der Waals surface area contributed by atoms with E-state index < -0.39 is 9.84 Å². The van der Waals surface area contributed by atoms with Gasteiger partial charge in [-0.25, -0.2) is 13.4 Å². The Morgan fingerprint density at radius 2 is 2.33 bits per heavy atom. The van der Waals surface area contributed by atoms with Crippen LogP contribution in [0.4, 0.5) is 0 Å². The summed E-state index contributed by atoms with van der Waals surface area (Å²) in [5.74, 6) is 1.08. The number of hydrogen-bond donors (Lipinski definition) is 1. The summed E-state index contributed by atoms with van der Waals surface area (Å²) in [6.07, 6.45) is 2.07. The van der Waals surface area contributed by atoms with Crippen molar-refractivity contribution >= 4 is 27.5 Å². The lowest BCUT2D eigenvalue weighted by molar-refractivity contribution is 0.0937. The Morgan fingerprint density at radius 1 is 1.50 bits per heavy atom. The molecule has 1 aliphatic heterocycles. The molecule has 0 saturated carbocycles. The van der Waals surface area contributed by atoms with Gasteiger partial charge in [0.05, 0.1) is 22.8 Å². The molecular weight excluding hydrogens is 350 g/mol. The summed E-state index contributed by atoms with van der Waals surface area (Å²) >= 11 is 1.39. The molecule has 24 heavy (non-hydrogen) atoms. The van der Waals surface area contributed by atoms with Crippen LogP contribution in [0, 0.1) is 6.92 Å². The van der Waals surface area contributed by atoms with Gasteiger partial charge in [0.15, 0.2) is 9.84 Å². The molecule has 0 radical (unpaired) electrons. The highest BCUT2D eigenvalue weighted by molar-refractivity contribution is 7.98. The van der Waals surface area contributed by atoms with E-state index in [9.17, 15) is 13.2 Å². The number of thioether (sulfide) groups is 1. The maximum Gasteiger partial charge on any atom is 0.254 e. The van der Waals surface area contributed by atoms with Gasteiger partial charge in [-0.15, -0.1) is 0 Å². The molecule has 0 aliphatic carbocycles. The van der Waals surface area contributed by atoms with E-state index in [2.05, 4.69) is 15.5 Å². The number of rotatable bonds is 5. The smallest absolute Gasteiger partial charge is 0.254 e. The maximum absolute atomic E-state index is 12.5. The van der Waals surface area contributed by atoms with Crippen LogP contribution < -0.4 is 5.32 Å². The average molecular weight is 367 g/mol. The molecule has 1 amide bonds. The first kappa shape index (κ1) is 17.0. The summed E-state index contributed by atoms with van der Waals surface area (Å²) in [5, 5.41) is 7.28. The topological polar surface area (TPSA) is 102 Å². The first-order valence-corrected chi connectivity index (χ1v) is 10.2. The van der Waals surface area contributed by atoms with E-state index in [0.29, 0.717) is 22.8 Å². The van der Waals surface area contributed by atoms with Crippen LogP contribution in [0.1, 0.15) is 28.2 Å². The van der Waals surface area contributed by atoms with E-state index in [-0.39, 0.29) is 23.5 Å². The fourth-order valence-corrected chi connectivity index (χ4v) is 5.02. The van der Waals surface area contributed by atoms with Crippen molar-refractivity contribution in [3.63, 3.8) is 0 Å². The Kier molecular flexibility index (Phi) is 4.91. The van der Waals surface area contributed by atoms with E-state index in [1.165, 1.54) is 11.8 Å². The lowest BCUT2D eigenvalue weighted by Gasteiger charge is -2.12. The predicted octanol–water partition coefficient (Wildman–Crippen LogP) is 1.59. The lowest BCUT2D eigenvalue weighted by Crippen LogP contribution is -2.35. The first-order chi connectivity index (χ1) is 11.4. The van der Waals surface area contributed by atoms with E-state index in [1.807, 2.05) is 13.0 Å². The zero-order chi connectivity index (χ0) is 17.2. The SMILES string of the molecule is Cc1cc(CSc2ncccc2C(=O)NC2CCS(=O)(=O)C2)no1. The Hall–Kier alpha value is -1.87. The number of nitrogens with one attached hydrogen (secondary N) is 1. The highest BCUT2D eigenvalue weighted by atomic mass is 32.2. The fraction of sp³-hybridized carbons (Fsp3) is 0.400. The normalized spacial score (nSPS) is 19.3. The molecule has 2 aromatic heterocycles. The summed E-state index contributed by atoms with van der Waals surface area (Å²) in [7, 11) is -3.03. The summed E-state index contributed by atoms with van der Waals surface area (Å²) in [4.78, 5) is 16.7. The van der Waals surface area contributed by atoms with Gasteiger partial charge < -0.3 is 9.84 Å². The van der Waals surface area contributed by atoms with Gasteiger partial charge in [0, 0.05) is 24.1 Å². The average Bonchev–Trinajstić information content (AvgIpc) is 3.10. The summed E-state index contributed by atoms with van der Waals surface area (Å²) < 4.78 is 28.0. The van der Waals surface area contributed by atoms with Crippen LogP contribution >= 0.6 is 11.8 Å². The molecule has 0 spiro atoms. The maximum atomic E-state index is 12.5. The van der Waals surface area contributed by atoms with Crippen LogP contribution in [0.2, 0.25) is 0 Å². The van der Waals surface area contributed by atoms with Crippen molar-refractivity contribution in [1.82, 2.24) is 15.5 Å². The minimum absolute atomic E-state index is 0.000303. The number of pyridine rings is 1. The highest BCUT2D eigenvalue weighted by Gasteiger charge is 2.29. The van der Waals surface area contributed by atoms with Gasteiger partial charge in [-0.05, 0) is 25.5 Å². The van der Waals surface area contributed by atoms with E-state index in [1.54, 1.807) is 18.3 Å². The third kappa shape index (κ3) is 4.15. The van der Waals surface area contributed by atoms with Gasteiger partial charge >= 0.3 is 0 Å². The van der Waals surface area contributed by atoms with Crippen LogP contribution in [-0.4, -0.2) is 42.0 Å². The highest BCUT2D eigenvalue weighted by Crippen LogP contribution is 2.24. The minimum Gasteiger partial charge on any atom is -0.361 e. The van der Waals surface area contributed by atoms with Crippen LogP contribution in [-0.2, 0) is 15.6 Å². The Labute approximate surface area is 144 Å². The molecule has 128 valence electrons. The fourth-order valence-electron chi connectivity index (χ4n) is 2.48. The molecule has 1 fully saturated rings. The first-order valence-electron chi connectivity index (χ1n) is 7.44. The van der Waals surface area contributed by atoms with Crippen molar-refractivity contribution in [2.24, 2.45) is 0 Å². The molecular formula is C15H17N3O4S2. The van der Waals surface area contributed by atoms with Crippen LogP contribution in [0.25, 0.3) is 0 Å². The number of carbonyl (C=O) groups is 1. The molecule has 7 nitrogen and oxygen atoms in total. The molecule has 0 aromatic carbocycles. The Balaban J connectivity index is 1.68. The molecule has 2 aromatic rings. The summed E-state index contributed by atoms with van der Waals surface area (Å²) in [6.45, 7) is 1.82. The van der Waals surface area contributed by atoms with Crippen molar-refractivity contribution in [3.8, 4) is 0 Å². The van der Waals surface area contributed by atoms with Crippen LogP contribution in [0.3, 0.4) is 0 Å². The van der Waals surface area contributed by atoms with Crippen molar-refractivity contribution < 1.29 is 17.7 Å². The Morgan fingerprint density at radius 3 is 3.00 bits per heavy atom. The van der Waals surface area contributed by atoms with Gasteiger partial charge in [-0.1, -0.05) is 16.9 Å². The third-order valence-corrected chi connectivity index (χ3v) is 6.42. The van der Waals surface area contributed by atoms with Crippen molar-refractivity contribution in [2.45, 2.75) is 30.2 Å². The molecule has 1 N–H and O–H groups in total. The number of hydrogen-bond acceptors (Lipinski definition) is 7. The lowest BCUT2D eigenvalue weighted by atomic mass is 10.2. The second-order valence-corrected chi connectivity index (χ2v) is 8.84. The second kappa shape index (κ2) is 6.94. The number of aromatic nitrogens is 2. The van der Waals surface area contributed by atoms with E-state index in [4.69, 9.17) is 4.52 Å². The molecule has 3 heterocycles. The molecule has 0 bridgehead atoms.